The highest BCUT2D eigenvalue weighted by atomic mass is 32.1. The van der Waals surface area contributed by atoms with Gasteiger partial charge in [0, 0.05) is 24.2 Å². The van der Waals surface area contributed by atoms with Crippen LogP contribution < -0.4 is 5.32 Å². The van der Waals surface area contributed by atoms with Crippen molar-refractivity contribution in [2.24, 2.45) is 0 Å². The lowest BCUT2D eigenvalue weighted by molar-refractivity contribution is 0.0957. The van der Waals surface area contributed by atoms with Crippen LogP contribution in [-0.4, -0.2) is 22.0 Å². The van der Waals surface area contributed by atoms with E-state index in [9.17, 15) is 4.79 Å². The van der Waals surface area contributed by atoms with Gasteiger partial charge < -0.3 is 9.88 Å². The van der Waals surface area contributed by atoms with Crippen LogP contribution in [0.3, 0.4) is 0 Å². The summed E-state index contributed by atoms with van der Waals surface area (Å²) in [7, 11) is 0. The lowest BCUT2D eigenvalue weighted by Crippen LogP contribution is -2.23. The molecule has 0 saturated heterocycles. The molecule has 2 heterocycles. The van der Waals surface area contributed by atoms with Crippen LogP contribution in [0.15, 0.2) is 35.8 Å². The summed E-state index contributed by atoms with van der Waals surface area (Å²) in [5, 5.41) is 6.01. The van der Waals surface area contributed by atoms with Crippen LogP contribution in [0.5, 0.6) is 0 Å². The average molecular weight is 370 g/mol. The molecule has 0 fully saturated rings. The van der Waals surface area contributed by atoms with Crippen molar-refractivity contribution >= 4 is 17.2 Å². The monoisotopic (exact) mass is 369 g/mol. The minimum Gasteiger partial charge on any atom is -0.349 e. The molecule has 0 bridgehead atoms. The Morgan fingerprint density at radius 2 is 2.27 bits per heavy atom. The Morgan fingerprint density at radius 3 is 2.92 bits per heavy atom. The third-order valence-electron chi connectivity index (χ3n) is 4.94. The molecular formula is C21H27N3OS. The zero-order chi connectivity index (χ0) is 18.5. The number of aryl methyl sites for hydroxylation is 1. The number of aromatic nitrogens is 2. The van der Waals surface area contributed by atoms with Gasteiger partial charge in [0.05, 0.1) is 22.0 Å². The quantitative estimate of drug-likeness (QED) is 0.696. The van der Waals surface area contributed by atoms with Crippen molar-refractivity contribution in [3.05, 3.63) is 52.0 Å². The molecule has 0 saturated carbocycles. The van der Waals surface area contributed by atoms with Gasteiger partial charge in [0.1, 0.15) is 0 Å². The molecule has 26 heavy (non-hydrogen) atoms. The van der Waals surface area contributed by atoms with Gasteiger partial charge in [0.15, 0.2) is 0 Å². The number of hydrogen-bond donors (Lipinski definition) is 1. The maximum absolute atomic E-state index is 12.5. The van der Waals surface area contributed by atoms with Gasteiger partial charge in [0.25, 0.3) is 5.91 Å². The molecule has 1 aliphatic rings. The third-order valence-corrected chi connectivity index (χ3v) is 5.71. The maximum Gasteiger partial charge on any atom is 0.253 e. The highest BCUT2D eigenvalue weighted by molar-refractivity contribution is 7.09. The molecule has 2 aromatic rings. The molecule has 0 aromatic carbocycles. The molecule has 0 unspecified atom stereocenters. The highest BCUT2D eigenvalue weighted by Crippen LogP contribution is 2.29. The molecule has 2 aromatic heterocycles. The first kappa shape index (κ1) is 18.6. The van der Waals surface area contributed by atoms with Crippen LogP contribution in [0.1, 0.15) is 53.2 Å². The van der Waals surface area contributed by atoms with E-state index in [1.807, 2.05) is 19.9 Å². The van der Waals surface area contributed by atoms with Gasteiger partial charge in [-0.3, -0.25) is 4.79 Å². The van der Waals surface area contributed by atoms with E-state index in [-0.39, 0.29) is 5.91 Å². The van der Waals surface area contributed by atoms with E-state index in [0.29, 0.717) is 6.54 Å². The molecule has 0 spiro atoms. The molecular weight excluding hydrogens is 342 g/mol. The Labute approximate surface area is 159 Å². The Morgan fingerprint density at radius 1 is 1.42 bits per heavy atom. The first-order valence-corrected chi connectivity index (χ1v) is 10.2. The largest absolute Gasteiger partial charge is 0.349 e. The Balaban J connectivity index is 1.91. The Hall–Kier alpha value is -2.14. The van der Waals surface area contributed by atoms with Crippen LogP contribution in [0, 0.1) is 13.8 Å². The summed E-state index contributed by atoms with van der Waals surface area (Å²) in [6.07, 6.45) is 10.1. The van der Waals surface area contributed by atoms with Crippen LogP contribution >= 0.6 is 11.3 Å². The molecule has 5 heteroatoms. The minimum absolute atomic E-state index is 0.0498. The van der Waals surface area contributed by atoms with E-state index in [1.54, 1.807) is 23.0 Å². The second-order valence-electron chi connectivity index (χ2n) is 6.79. The third kappa shape index (κ3) is 4.15. The van der Waals surface area contributed by atoms with Gasteiger partial charge >= 0.3 is 0 Å². The van der Waals surface area contributed by atoms with Crippen molar-refractivity contribution in [1.29, 1.82) is 0 Å². The summed E-state index contributed by atoms with van der Waals surface area (Å²) in [6, 6.07) is 1.98. The first-order chi connectivity index (χ1) is 12.6. The van der Waals surface area contributed by atoms with Crippen molar-refractivity contribution < 1.29 is 4.79 Å². The van der Waals surface area contributed by atoms with Crippen LogP contribution in [0.25, 0.3) is 11.4 Å². The zero-order valence-corrected chi connectivity index (χ0v) is 16.5. The molecule has 1 N–H and O–H groups in total. The normalized spacial score (nSPS) is 14.2. The summed E-state index contributed by atoms with van der Waals surface area (Å²) in [6.45, 7) is 9.07. The van der Waals surface area contributed by atoms with Crippen molar-refractivity contribution in [3.63, 3.8) is 0 Å². The fraction of sp³-hybridized carbons (Fsp3) is 0.429. The number of allylic oxidation sites excluding steroid dienone is 2. The predicted octanol–water partition coefficient (Wildman–Crippen LogP) is 5.03. The smallest absolute Gasteiger partial charge is 0.253 e. The van der Waals surface area contributed by atoms with Crippen LogP contribution in [0.4, 0.5) is 0 Å². The Bertz CT molecular complexity index is 828. The SMILES string of the molecule is C=CCNC(=O)c1cc(-c2csc(C)n2)n(CCC2=CCCCC2)c1C. The van der Waals surface area contributed by atoms with Crippen LogP contribution in [0.2, 0.25) is 0 Å². The summed E-state index contributed by atoms with van der Waals surface area (Å²) >= 11 is 1.64. The van der Waals surface area contributed by atoms with E-state index < -0.39 is 0 Å². The number of hydrogen-bond acceptors (Lipinski definition) is 3. The van der Waals surface area contributed by atoms with E-state index in [2.05, 4.69) is 32.9 Å². The molecule has 4 nitrogen and oxygen atoms in total. The molecule has 0 radical (unpaired) electrons. The molecule has 0 atom stereocenters. The second kappa shape index (κ2) is 8.49. The van der Waals surface area contributed by atoms with Crippen molar-refractivity contribution in [2.75, 3.05) is 6.54 Å². The molecule has 0 aliphatic heterocycles. The summed E-state index contributed by atoms with van der Waals surface area (Å²) in [5.41, 5.74) is 5.26. The summed E-state index contributed by atoms with van der Waals surface area (Å²) in [5.74, 6) is -0.0498. The summed E-state index contributed by atoms with van der Waals surface area (Å²) in [4.78, 5) is 17.2. The number of nitrogens with one attached hydrogen (secondary N) is 1. The zero-order valence-electron chi connectivity index (χ0n) is 15.7. The standard InChI is InChI=1S/C21H27N3OS/c1-4-11-22-21(25)18-13-20(19-14-26-16(3)23-19)24(15(18)2)12-10-17-8-6-5-7-9-17/h4,8,13-14H,1,5-7,9-12H2,2-3H3,(H,22,25). The molecule has 3 rings (SSSR count). The number of nitrogens with zero attached hydrogens (tertiary/aromatic N) is 2. The number of rotatable bonds is 7. The van der Waals surface area contributed by atoms with Crippen LogP contribution in [-0.2, 0) is 6.54 Å². The fourth-order valence-corrected chi connectivity index (χ4v) is 4.11. The maximum atomic E-state index is 12.5. The van der Waals surface area contributed by atoms with Gasteiger partial charge in [-0.2, -0.15) is 0 Å². The lowest BCUT2D eigenvalue weighted by atomic mass is 9.97. The van der Waals surface area contributed by atoms with E-state index >= 15 is 0 Å². The Kier molecular flexibility index (Phi) is 6.09. The van der Waals surface area contributed by atoms with Crippen molar-refractivity contribution in [3.8, 4) is 11.4 Å². The van der Waals surface area contributed by atoms with E-state index in [4.69, 9.17) is 0 Å². The highest BCUT2D eigenvalue weighted by Gasteiger charge is 2.19. The van der Waals surface area contributed by atoms with Crippen molar-refractivity contribution in [2.45, 2.75) is 52.5 Å². The fourth-order valence-electron chi connectivity index (χ4n) is 3.50. The van der Waals surface area contributed by atoms with Gasteiger partial charge in [-0.05, 0) is 52.0 Å². The number of carbonyl (C=O) groups is 1. The average Bonchev–Trinajstić information content (AvgIpc) is 3.22. The van der Waals surface area contributed by atoms with Gasteiger partial charge in [-0.1, -0.05) is 17.7 Å². The van der Waals surface area contributed by atoms with Gasteiger partial charge in [0.2, 0.25) is 0 Å². The number of thiazole rings is 1. The van der Waals surface area contributed by atoms with Gasteiger partial charge in [-0.15, -0.1) is 17.9 Å². The van der Waals surface area contributed by atoms with E-state index in [0.717, 1.165) is 40.6 Å². The molecule has 1 amide bonds. The molecule has 138 valence electrons. The second-order valence-corrected chi connectivity index (χ2v) is 7.85. The van der Waals surface area contributed by atoms with E-state index in [1.165, 1.54) is 25.7 Å². The van der Waals surface area contributed by atoms with Crippen molar-refractivity contribution in [1.82, 2.24) is 14.9 Å². The number of carbonyl (C=O) groups excluding carboxylic acids is 1. The summed E-state index contributed by atoms with van der Waals surface area (Å²) < 4.78 is 2.26. The topological polar surface area (TPSA) is 46.9 Å². The predicted molar refractivity (Wildman–Crippen MR) is 109 cm³/mol. The minimum atomic E-state index is -0.0498. The van der Waals surface area contributed by atoms with Gasteiger partial charge in [-0.25, -0.2) is 4.98 Å². The number of amides is 1. The lowest BCUT2D eigenvalue weighted by Gasteiger charge is -2.15. The first-order valence-electron chi connectivity index (χ1n) is 9.29. The molecule has 1 aliphatic carbocycles.